The summed E-state index contributed by atoms with van der Waals surface area (Å²) >= 11 is 6.43. The van der Waals surface area contributed by atoms with E-state index in [1.54, 1.807) is 6.07 Å². The normalized spacial score (nSPS) is 14.5. The third kappa shape index (κ3) is 5.63. The Balaban J connectivity index is 1.91. The summed E-state index contributed by atoms with van der Waals surface area (Å²) in [7, 11) is 0. The SMILES string of the molecule is CCCCCC(=O)Nc1ccc(N2CCN(C(=O)CC)CC2)c(Cl)c1. The van der Waals surface area contributed by atoms with Crippen molar-refractivity contribution in [1.29, 1.82) is 0 Å². The molecule has 0 atom stereocenters. The van der Waals surface area contributed by atoms with Gasteiger partial charge in [0.15, 0.2) is 0 Å². The van der Waals surface area contributed by atoms with Gasteiger partial charge in [0.2, 0.25) is 11.8 Å². The van der Waals surface area contributed by atoms with Crippen molar-refractivity contribution in [2.45, 2.75) is 46.0 Å². The highest BCUT2D eigenvalue weighted by atomic mass is 35.5. The van der Waals surface area contributed by atoms with Gasteiger partial charge in [-0.15, -0.1) is 0 Å². The fourth-order valence-electron chi connectivity index (χ4n) is 3.02. The Kier molecular flexibility index (Phi) is 7.56. The van der Waals surface area contributed by atoms with Crippen LogP contribution >= 0.6 is 11.6 Å². The molecule has 6 heteroatoms. The highest BCUT2D eigenvalue weighted by molar-refractivity contribution is 6.33. The van der Waals surface area contributed by atoms with Crippen LogP contribution in [0.3, 0.4) is 0 Å². The summed E-state index contributed by atoms with van der Waals surface area (Å²) < 4.78 is 0. The van der Waals surface area contributed by atoms with Gasteiger partial charge >= 0.3 is 0 Å². The molecule has 0 saturated carbocycles. The maximum atomic E-state index is 11.9. The van der Waals surface area contributed by atoms with Crippen molar-refractivity contribution in [3.05, 3.63) is 23.2 Å². The summed E-state index contributed by atoms with van der Waals surface area (Å²) in [4.78, 5) is 27.8. The van der Waals surface area contributed by atoms with E-state index in [9.17, 15) is 9.59 Å². The van der Waals surface area contributed by atoms with E-state index in [4.69, 9.17) is 11.6 Å². The zero-order valence-electron chi connectivity index (χ0n) is 15.2. The van der Waals surface area contributed by atoms with E-state index in [1.807, 2.05) is 24.0 Å². The topological polar surface area (TPSA) is 52.7 Å². The van der Waals surface area contributed by atoms with Crippen LogP contribution in [0.1, 0.15) is 46.0 Å². The predicted molar refractivity (Wildman–Crippen MR) is 103 cm³/mol. The standard InChI is InChI=1S/C19H28ClN3O2/c1-3-5-6-7-18(24)21-15-8-9-17(16(20)14-15)22-10-12-23(13-11-22)19(25)4-2/h8-9,14H,3-7,10-13H2,1-2H3,(H,21,24). The quantitative estimate of drug-likeness (QED) is 0.745. The van der Waals surface area contributed by atoms with Gasteiger partial charge in [-0.25, -0.2) is 0 Å². The fraction of sp³-hybridized carbons (Fsp3) is 0.579. The zero-order chi connectivity index (χ0) is 18.2. The van der Waals surface area contributed by atoms with E-state index in [2.05, 4.69) is 17.1 Å². The molecule has 0 radical (unpaired) electrons. The Labute approximate surface area is 155 Å². The van der Waals surface area contributed by atoms with Crippen molar-refractivity contribution >= 4 is 34.8 Å². The average molecular weight is 366 g/mol. The number of carbonyl (C=O) groups excluding carboxylic acids is 2. The first kappa shape index (κ1) is 19.6. The molecule has 1 aliphatic rings. The highest BCUT2D eigenvalue weighted by Gasteiger charge is 2.21. The molecule has 1 aliphatic heterocycles. The van der Waals surface area contributed by atoms with E-state index in [-0.39, 0.29) is 11.8 Å². The van der Waals surface area contributed by atoms with E-state index < -0.39 is 0 Å². The molecule has 2 rings (SSSR count). The number of carbonyl (C=O) groups is 2. The number of benzene rings is 1. The summed E-state index contributed by atoms with van der Waals surface area (Å²) in [5.74, 6) is 0.232. The molecule has 1 heterocycles. The predicted octanol–water partition coefficient (Wildman–Crippen LogP) is 3.92. The zero-order valence-corrected chi connectivity index (χ0v) is 15.9. The number of piperazine rings is 1. The largest absolute Gasteiger partial charge is 0.367 e. The Hall–Kier alpha value is -1.75. The lowest BCUT2D eigenvalue weighted by atomic mass is 10.2. The van der Waals surface area contributed by atoms with Crippen molar-refractivity contribution < 1.29 is 9.59 Å². The van der Waals surface area contributed by atoms with E-state index in [1.165, 1.54) is 0 Å². The van der Waals surface area contributed by atoms with Gasteiger partial charge in [0.1, 0.15) is 0 Å². The number of unbranched alkanes of at least 4 members (excludes halogenated alkanes) is 2. The molecule has 1 N–H and O–H groups in total. The number of nitrogens with zero attached hydrogens (tertiary/aromatic N) is 2. The molecule has 0 unspecified atom stereocenters. The number of hydrogen-bond donors (Lipinski definition) is 1. The molecule has 0 aliphatic carbocycles. The second kappa shape index (κ2) is 9.66. The van der Waals surface area contributed by atoms with Crippen LogP contribution < -0.4 is 10.2 Å². The fourth-order valence-corrected chi connectivity index (χ4v) is 3.32. The van der Waals surface area contributed by atoms with E-state index in [0.29, 0.717) is 17.9 Å². The van der Waals surface area contributed by atoms with Crippen LogP contribution in [-0.2, 0) is 9.59 Å². The van der Waals surface area contributed by atoms with Crippen LogP contribution in [-0.4, -0.2) is 42.9 Å². The maximum absolute atomic E-state index is 11.9. The van der Waals surface area contributed by atoms with Gasteiger partial charge in [0.25, 0.3) is 0 Å². The van der Waals surface area contributed by atoms with E-state index >= 15 is 0 Å². The number of rotatable bonds is 7. The summed E-state index contributed by atoms with van der Waals surface area (Å²) in [6.07, 6.45) is 4.17. The monoisotopic (exact) mass is 365 g/mol. The number of anilines is 2. The van der Waals surface area contributed by atoms with Crippen LogP contribution in [0.5, 0.6) is 0 Å². The molecule has 1 saturated heterocycles. The smallest absolute Gasteiger partial charge is 0.224 e. The Morgan fingerprint density at radius 1 is 1.12 bits per heavy atom. The molecular weight excluding hydrogens is 338 g/mol. The summed E-state index contributed by atoms with van der Waals surface area (Å²) in [5, 5.41) is 3.53. The molecule has 25 heavy (non-hydrogen) atoms. The Morgan fingerprint density at radius 2 is 1.84 bits per heavy atom. The summed E-state index contributed by atoms with van der Waals surface area (Å²) in [6.45, 7) is 7.00. The summed E-state index contributed by atoms with van der Waals surface area (Å²) in [5.41, 5.74) is 1.68. The van der Waals surface area contributed by atoms with Crippen molar-refractivity contribution in [1.82, 2.24) is 4.90 Å². The van der Waals surface area contributed by atoms with Crippen molar-refractivity contribution in [3.63, 3.8) is 0 Å². The molecule has 138 valence electrons. The first-order valence-electron chi connectivity index (χ1n) is 9.17. The lowest BCUT2D eigenvalue weighted by molar-refractivity contribution is -0.131. The second-order valence-electron chi connectivity index (χ2n) is 6.39. The van der Waals surface area contributed by atoms with Gasteiger partial charge in [0.05, 0.1) is 10.7 Å². The third-order valence-electron chi connectivity index (χ3n) is 4.51. The minimum absolute atomic E-state index is 0.0314. The van der Waals surface area contributed by atoms with Gasteiger partial charge in [-0.3, -0.25) is 9.59 Å². The van der Waals surface area contributed by atoms with Crippen LogP contribution in [0, 0.1) is 0 Å². The average Bonchev–Trinajstić information content (AvgIpc) is 2.61. The molecule has 1 aromatic rings. The molecule has 0 spiro atoms. The minimum atomic E-state index is 0.0314. The van der Waals surface area contributed by atoms with Crippen LogP contribution in [0.15, 0.2) is 18.2 Å². The molecule has 1 fully saturated rings. The molecular formula is C19H28ClN3O2. The van der Waals surface area contributed by atoms with Gasteiger partial charge in [-0.05, 0) is 24.6 Å². The molecule has 2 amide bonds. The van der Waals surface area contributed by atoms with Crippen molar-refractivity contribution in [2.75, 3.05) is 36.4 Å². The number of halogens is 1. The molecule has 5 nitrogen and oxygen atoms in total. The Morgan fingerprint density at radius 3 is 2.44 bits per heavy atom. The number of amides is 2. The first-order valence-corrected chi connectivity index (χ1v) is 9.55. The lowest BCUT2D eigenvalue weighted by Gasteiger charge is -2.36. The Bertz CT molecular complexity index is 598. The molecule has 0 aromatic heterocycles. The van der Waals surface area contributed by atoms with Gasteiger partial charge in [0, 0.05) is 44.7 Å². The van der Waals surface area contributed by atoms with Crippen LogP contribution in [0.25, 0.3) is 0 Å². The first-order chi connectivity index (χ1) is 12.0. The number of nitrogens with one attached hydrogen (secondary N) is 1. The summed E-state index contributed by atoms with van der Waals surface area (Å²) in [6, 6.07) is 5.64. The van der Waals surface area contributed by atoms with E-state index in [0.717, 1.165) is 56.8 Å². The second-order valence-corrected chi connectivity index (χ2v) is 6.80. The van der Waals surface area contributed by atoms with Crippen molar-refractivity contribution in [3.8, 4) is 0 Å². The molecule has 1 aromatic carbocycles. The highest BCUT2D eigenvalue weighted by Crippen LogP contribution is 2.29. The van der Waals surface area contributed by atoms with Gasteiger partial charge in [-0.1, -0.05) is 38.3 Å². The van der Waals surface area contributed by atoms with Crippen LogP contribution in [0.4, 0.5) is 11.4 Å². The van der Waals surface area contributed by atoms with Gasteiger partial charge < -0.3 is 15.1 Å². The number of hydrogen-bond acceptors (Lipinski definition) is 3. The third-order valence-corrected chi connectivity index (χ3v) is 4.82. The van der Waals surface area contributed by atoms with Gasteiger partial charge in [-0.2, -0.15) is 0 Å². The van der Waals surface area contributed by atoms with Crippen LogP contribution in [0.2, 0.25) is 5.02 Å². The maximum Gasteiger partial charge on any atom is 0.224 e. The molecule has 0 bridgehead atoms. The van der Waals surface area contributed by atoms with Crippen molar-refractivity contribution in [2.24, 2.45) is 0 Å². The minimum Gasteiger partial charge on any atom is -0.367 e. The lowest BCUT2D eigenvalue weighted by Crippen LogP contribution is -2.48.